The highest BCUT2D eigenvalue weighted by Crippen LogP contribution is 2.39. The zero-order valence-corrected chi connectivity index (χ0v) is 21.9. The third-order valence-electron chi connectivity index (χ3n) is 6.77. The number of hydrogen-bond donors (Lipinski definition) is 1. The summed E-state index contributed by atoms with van der Waals surface area (Å²) < 4.78 is 2.60. The number of nitrogens with zero attached hydrogens (tertiary/aromatic N) is 2. The first-order chi connectivity index (χ1) is 18.2. The van der Waals surface area contributed by atoms with Gasteiger partial charge in [-0.2, -0.15) is 0 Å². The van der Waals surface area contributed by atoms with Gasteiger partial charge in [0.1, 0.15) is 16.4 Å². The van der Waals surface area contributed by atoms with Gasteiger partial charge in [-0.1, -0.05) is 72.8 Å². The van der Waals surface area contributed by atoms with Crippen molar-refractivity contribution < 1.29 is 5.11 Å². The highest BCUT2D eigenvalue weighted by atomic mass is 32.1. The van der Waals surface area contributed by atoms with Gasteiger partial charge >= 0.3 is 0 Å². The standard InChI is InChI=1S/C31H26N2O2S2/c34-25-15-14-23(20-22-10-5-2-6-11-22)27-28-30(37-29(25)27)32-26(16-13-21-8-3-1-4-9-21)33(31(28)35)18-17-24-12-7-19-36-24/h1-12,14-15,19,34H,13,16-18,20H2. The Kier molecular flexibility index (Phi) is 6.60. The predicted molar refractivity (Wildman–Crippen MR) is 154 cm³/mol. The monoisotopic (exact) mass is 522 g/mol. The zero-order chi connectivity index (χ0) is 25.2. The second-order valence-corrected chi connectivity index (χ2v) is 11.2. The summed E-state index contributed by atoms with van der Waals surface area (Å²) >= 11 is 3.13. The summed E-state index contributed by atoms with van der Waals surface area (Å²) in [7, 11) is 0. The molecule has 0 amide bonds. The van der Waals surface area contributed by atoms with E-state index in [-0.39, 0.29) is 11.3 Å². The molecule has 3 heterocycles. The van der Waals surface area contributed by atoms with Crippen molar-refractivity contribution >= 4 is 43.0 Å². The number of benzene rings is 3. The summed E-state index contributed by atoms with van der Waals surface area (Å²) in [6.45, 7) is 0.580. The minimum absolute atomic E-state index is 0.0178. The summed E-state index contributed by atoms with van der Waals surface area (Å²) in [6, 6.07) is 28.4. The lowest BCUT2D eigenvalue weighted by Gasteiger charge is -2.13. The van der Waals surface area contributed by atoms with Crippen molar-refractivity contribution in [2.75, 3.05) is 0 Å². The van der Waals surface area contributed by atoms with E-state index in [1.165, 1.54) is 27.3 Å². The first-order valence-corrected chi connectivity index (χ1v) is 14.1. The van der Waals surface area contributed by atoms with Gasteiger partial charge in [0.25, 0.3) is 5.56 Å². The minimum atomic E-state index is -0.0178. The molecule has 1 N–H and O–H groups in total. The molecule has 0 unspecified atom stereocenters. The Balaban J connectivity index is 1.50. The molecule has 184 valence electrons. The first-order valence-electron chi connectivity index (χ1n) is 12.4. The lowest BCUT2D eigenvalue weighted by molar-refractivity contribution is 0.482. The Morgan fingerprint density at radius 1 is 0.784 bits per heavy atom. The van der Waals surface area contributed by atoms with E-state index < -0.39 is 0 Å². The fourth-order valence-corrected chi connectivity index (χ4v) is 6.76. The lowest BCUT2D eigenvalue weighted by atomic mass is 10.00. The third kappa shape index (κ3) is 4.82. The molecule has 0 aliphatic heterocycles. The van der Waals surface area contributed by atoms with Crippen molar-refractivity contribution in [3.05, 3.63) is 128 Å². The molecule has 0 aliphatic rings. The largest absolute Gasteiger partial charge is 0.506 e. The average Bonchev–Trinajstić information content (AvgIpc) is 3.59. The molecular formula is C31H26N2O2S2. The van der Waals surface area contributed by atoms with Crippen molar-refractivity contribution in [3.8, 4) is 5.75 Å². The molecule has 0 aliphatic carbocycles. The number of rotatable bonds is 8. The maximum atomic E-state index is 14.2. The Labute approximate surface area is 223 Å². The van der Waals surface area contributed by atoms with Gasteiger partial charge in [0.15, 0.2) is 0 Å². The van der Waals surface area contributed by atoms with E-state index in [4.69, 9.17) is 4.98 Å². The van der Waals surface area contributed by atoms with Crippen LogP contribution in [0, 0.1) is 0 Å². The highest BCUT2D eigenvalue weighted by molar-refractivity contribution is 7.25. The normalized spacial score (nSPS) is 11.5. The molecule has 4 nitrogen and oxygen atoms in total. The molecule has 0 fully saturated rings. The third-order valence-corrected chi connectivity index (χ3v) is 8.81. The number of aryl methyl sites for hydroxylation is 3. The predicted octanol–water partition coefficient (Wildman–Crippen LogP) is 7.00. The summed E-state index contributed by atoms with van der Waals surface area (Å²) in [6.07, 6.45) is 2.96. The van der Waals surface area contributed by atoms with Crippen LogP contribution in [0.25, 0.3) is 20.3 Å². The van der Waals surface area contributed by atoms with Gasteiger partial charge in [-0.25, -0.2) is 4.98 Å². The summed E-state index contributed by atoms with van der Waals surface area (Å²) in [5.41, 5.74) is 3.40. The van der Waals surface area contributed by atoms with Crippen LogP contribution in [0.1, 0.15) is 27.4 Å². The van der Waals surface area contributed by atoms with Crippen LogP contribution < -0.4 is 5.56 Å². The van der Waals surface area contributed by atoms with E-state index >= 15 is 0 Å². The average molecular weight is 523 g/mol. The fraction of sp³-hybridized carbons (Fsp3) is 0.161. The van der Waals surface area contributed by atoms with Crippen molar-refractivity contribution in [2.45, 2.75) is 32.2 Å². The van der Waals surface area contributed by atoms with Crippen molar-refractivity contribution in [3.63, 3.8) is 0 Å². The summed E-state index contributed by atoms with van der Waals surface area (Å²) in [4.78, 5) is 21.2. The van der Waals surface area contributed by atoms with Gasteiger partial charge in [0.05, 0.1) is 10.1 Å². The molecule has 3 aromatic heterocycles. The molecule has 0 radical (unpaired) electrons. The van der Waals surface area contributed by atoms with E-state index in [0.29, 0.717) is 29.6 Å². The number of phenols is 1. The molecule has 6 aromatic rings. The van der Waals surface area contributed by atoms with Crippen molar-refractivity contribution in [1.82, 2.24) is 9.55 Å². The smallest absolute Gasteiger partial charge is 0.262 e. The number of aromatic nitrogens is 2. The number of thiophene rings is 2. The molecule has 0 bridgehead atoms. The molecule has 6 heteroatoms. The van der Waals surface area contributed by atoms with Gasteiger partial charge in [-0.15, -0.1) is 22.7 Å². The minimum Gasteiger partial charge on any atom is -0.506 e. The summed E-state index contributed by atoms with van der Waals surface area (Å²) in [5.74, 6) is 0.999. The van der Waals surface area contributed by atoms with E-state index in [1.807, 2.05) is 53.1 Å². The highest BCUT2D eigenvalue weighted by Gasteiger charge is 2.20. The van der Waals surface area contributed by atoms with Gasteiger partial charge in [-0.3, -0.25) is 9.36 Å². The van der Waals surface area contributed by atoms with Crippen LogP contribution in [-0.2, 0) is 32.2 Å². The van der Waals surface area contributed by atoms with Crippen molar-refractivity contribution in [1.29, 1.82) is 0 Å². The van der Waals surface area contributed by atoms with Crippen LogP contribution in [-0.4, -0.2) is 14.7 Å². The lowest BCUT2D eigenvalue weighted by Crippen LogP contribution is -2.26. The molecule has 6 rings (SSSR count). The number of phenolic OH excluding ortho intramolecular Hbond substituents is 1. The van der Waals surface area contributed by atoms with E-state index in [9.17, 15) is 9.90 Å². The Morgan fingerprint density at radius 3 is 2.27 bits per heavy atom. The topological polar surface area (TPSA) is 55.1 Å². The number of fused-ring (bicyclic) bond motifs is 3. The zero-order valence-electron chi connectivity index (χ0n) is 20.3. The fourth-order valence-electron chi connectivity index (χ4n) is 4.91. The quantitative estimate of drug-likeness (QED) is 0.234. The maximum Gasteiger partial charge on any atom is 0.262 e. The van der Waals surface area contributed by atoms with Crippen LogP contribution in [0.5, 0.6) is 5.75 Å². The number of hydrogen-bond acceptors (Lipinski definition) is 5. The molecule has 0 atom stereocenters. The maximum absolute atomic E-state index is 14.2. The molecule has 37 heavy (non-hydrogen) atoms. The van der Waals surface area contributed by atoms with Crippen LogP contribution in [0.4, 0.5) is 0 Å². The van der Waals surface area contributed by atoms with Gasteiger partial charge in [-0.05, 0) is 53.5 Å². The van der Waals surface area contributed by atoms with Gasteiger partial charge in [0.2, 0.25) is 0 Å². The Bertz CT molecular complexity index is 1720. The Morgan fingerprint density at radius 2 is 1.54 bits per heavy atom. The second kappa shape index (κ2) is 10.3. The first kappa shape index (κ1) is 23.6. The van der Waals surface area contributed by atoms with E-state index in [1.54, 1.807) is 17.4 Å². The van der Waals surface area contributed by atoms with Crippen molar-refractivity contribution in [2.24, 2.45) is 0 Å². The van der Waals surface area contributed by atoms with E-state index in [2.05, 4.69) is 35.7 Å². The van der Waals surface area contributed by atoms with Gasteiger partial charge < -0.3 is 5.11 Å². The van der Waals surface area contributed by atoms with Crippen LogP contribution >= 0.6 is 22.7 Å². The molecule has 0 saturated heterocycles. The number of aromatic hydroxyl groups is 1. The molecule has 0 spiro atoms. The SMILES string of the molecule is O=c1c2c(nc(CCc3ccccc3)n1CCc1cccs1)sc1c(O)ccc(Cc3ccccc3)c12. The van der Waals surface area contributed by atoms with E-state index in [0.717, 1.165) is 34.3 Å². The van der Waals surface area contributed by atoms with Crippen LogP contribution in [0.2, 0.25) is 0 Å². The molecular weight excluding hydrogens is 496 g/mol. The molecule has 3 aromatic carbocycles. The van der Waals surface area contributed by atoms with Crippen LogP contribution in [0.3, 0.4) is 0 Å². The van der Waals surface area contributed by atoms with Crippen LogP contribution in [0.15, 0.2) is 95.1 Å². The Hall–Kier alpha value is -3.74. The van der Waals surface area contributed by atoms with Gasteiger partial charge in [0, 0.05) is 23.2 Å². The summed E-state index contributed by atoms with van der Waals surface area (Å²) in [5, 5.41) is 14.3. The second-order valence-electron chi connectivity index (χ2n) is 9.19. The molecule has 0 saturated carbocycles.